The van der Waals surface area contributed by atoms with Crippen LogP contribution in [0.4, 0.5) is 5.69 Å². The number of hydrazone groups is 1. The Hall–Kier alpha value is -3.69. The van der Waals surface area contributed by atoms with Crippen LogP contribution in [0, 0.1) is 10.1 Å². The molecule has 0 saturated carbocycles. The zero-order chi connectivity index (χ0) is 24.1. The average Bonchev–Trinajstić information content (AvgIpc) is 3.20. The maximum atomic E-state index is 12.5. The molecule has 0 unspecified atom stereocenters. The number of amides is 1. The van der Waals surface area contributed by atoms with E-state index in [0.717, 1.165) is 16.6 Å². The van der Waals surface area contributed by atoms with Gasteiger partial charge in [-0.25, -0.2) is 10.4 Å². The average molecular weight is 494 g/mol. The highest BCUT2D eigenvalue weighted by molar-refractivity contribution is 7.99. The Morgan fingerprint density at radius 2 is 1.91 bits per heavy atom. The summed E-state index contributed by atoms with van der Waals surface area (Å²) in [5, 5.41) is 16.4. The van der Waals surface area contributed by atoms with Crippen molar-refractivity contribution in [2.75, 3.05) is 5.75 Å². The molecule has 172 valence electrons. The molecule has 0 bridgehead atoms. The number of hydrogen-bond acceptors (Lipinski definition) is 6. The number of benzene rings is 3. The number of fused-ring (bicyclic) bond motifs is 1. The highest BCUT2D eigenvalue weighted by Crippen LogP contribution is 2.25. The Morgan fingerprint density at radius 1 is 1.15 bits per heavy atom. The van der Waals surface area contributed by atoms with Gasteiger partial charge in [-0.15, -0.1) is 0 Å². The van der Waals surface area contributed by atoms with Crippen molar-refractivity contribution in [3.05, 3.63) is 99.1 Å². The molecule has 0 aliphatic heterocycles. The molecule has 4 rings (SSSR count). The number of hydrogen-bond donors (Lipinski definition) is 1. The van der Waals surface area contributed by atoms with Crippen LogP contribution in [0.3, 0.4) is 0 Å². The Bertz CT molecular complexity index is 1390. The molecule has 0 atom stereocenters. The Kier molecular flexibility index (Phi) is 7.24. The number of para-hydroxylation sites is 2. The van der Waals surface area contributed by atoms with Crippen molar-refractivity contribution in [3.63, 3.8) is 0 Å². The summed E-state index contributed by atoms with van der Waals surface area (Å²) in [6.07, 6.45) is 0. The molecule has 0 aliphatic carbocycles. The maximum absolute atomic E-state index is 12.5. The van der Waals surface area contributed by atoms with Crippen molar-refractivity contribution < 1.29 is 9.72 Å². The predicted molar refractivity (Wildman–Crippen MR) is 134 cm³/mol. The fourth-order valence-corrected chi connectivity index (χ4v) is 4.24. The molecule has 4 aromatic rings. The summed E-state index contributed by atoms with van der Waals surface area (Å²) in [6, 6.07) is 21.5. The van der Waals surface area contributed by atoms with Gasteiger partial charge in [0.25, 0.3) is 11.6 Å². The first kappa shape index (κ1) is 23.5. The fourth-order valence-electron chi connectivity index (χ4n) is 3.31. The van der Waals surface area contributed by atoms with E-state index in [1.54, 1.807) is 19.1 Å². The monoisotopic (exact) mass is 493 g/mol. The highest BCUT2D eigenvalue weighted by Gasteiger charge is 2.14. The first-order valence-corrected chi connectivity index (χ1v) is 11.7. The van der Waals surface area contributed by atoms with Crippen LogP contribution in [-0.2, 0) is 11.3 Å². The molecular formula is C24H20ClN5O3S. The molecule has 1 N–H and O–H groups in total. The van der Waals surface area contributed by atoms with Crippen molar-refractivity contribution in [2.24, 2.45) is 5.10 Å². The van der Waals surface area contributed by atoms with E-state index >= 15 is 0 Å². The number of rotatable bonds is 8. The Morgan fingerprint density at radius 3 is 2.68 bits per heavy atom. The van der Waals surface area contributed by atoms with Crippen molar-refractivity contribution >= 4 is 51.7 Å². The molecule has 0 fully saturated rings. The van der Waals surface area contributed by atoms with Crippen LogP contribution in [0.5, 0.6) is 0 Å². The Labute approximate surface area is 204 Å². The normalized spacial score (nSPS) is 11.5. The van der Waals surface area contributed by atoms with Crippen molar-refractivity contribution in [1.82, 2.24) is 15.0 Å². The van der Waals surface area contributed by atoms with E-state index in [4.69, 9.17) is 11.6 Å². The molecule has 1 aromatic heterocycles. The number of nitrogens with one attached hydrogen (secondary N) is 1. The van der Waals surface area contributed by atoms with E-state index in [1.807, 2.05) is 48.5 Å². The van der Waals surface area contributed by atoms with E-state index in [0.29, 0.717) is 28.0 Å². The standard InChI is InChI=1S/C24H20ClN5O3S/c1-16(18-5-4-6-20(13-18)30(32)33)27-28-23(31)15-34-24-26-21-7-2-3-8-22(21)29(24)14-17-9-11-19(25)12-10-17/h2-13H,14-15H2,1H3,(H,28,31)/b27-16-. The van der Waals surface area contributed by atoms with Gasteiger partial charge >= 0.3 is 0 Å². The zero-order valence-corrected chi connectivity index (χ0v) is 19.7. The van der Waals surface area contributed by atoms with Crippen molar-refractivity contribution in [1.29, 1.82) is 0 Å². The molecule has 3 aromatic carbocycles. The van der Waals surface area contributed by atoms with Gasteiger partial charge in [-0.1, -0.05) is 59.8 Å². The van der Waals surface area contributed by atoms with Gasteiger partial charge in [-0.2, -0.15) is 5.10 Å². The van der Waals surface area contributed by atoms with E-state index in [1.165, 1.54) is 23.9 Å². The second-order valence-electron chi connectivity index (χ2n) is 7.42. The molecular weight excluding hydrogens is 474 g/mol. The number of nitro groups is 1. The minimum atomic E-state index is -0.470. The van der Waals surface area contributed by atoms with Gasteiger partial charge < -0.3 is 4.57 Å². The number of thioether (sulfide) groups is 1. The topological polar surface area (TPSA) is 102 Å². The lowest BCUT2D eigenvalue weighted by Gasteiger charge is -2.09. The number of nitrogens with zero attached hydrogens (tertiary/aromatic N) is 4. The second-order valence-corrected chi connectivity index (χ2v) is 8.80. The van der Waals surface area contributed by atoms with Gasteiger partial charge in [0.15, 0.2) is 5.16 Å². The van der Waals surface area contributed by atoms with Gasteiger partial charge in [0.05, 0.1) is 34.0 Å². The number of carbonyl (C=O) groups excluding carboxylic acids is 1. The molecule has 8 nitrogen and oxygen atoms in total. The lowest BCUT2D eigenvalue weighted by molar-refractivity contribution is -0.384. The third-order valence-electron chi connectivity index (χ3n) is 5.03. The molecule has 0 aliphatic rings. The smallest absolute Gasteiger partial charge is 0.270 e. The first-order chi connectivity index (χ1) is 16.4. The second kappa shape index (κ2) is 10.5. The van der Waals surface area contributed by atoms with Gasteiger partial charge in [-0.05, 0) is 36.8 Å². The lowest BCUT2D eigenvalue weighted by Crippen LogP contribution is -2.21. The van der Waals surface area contributed by atoms with Crippen LogP contribution in [-0.4, -0.2) is 31.8 Å². The largest absolute Gasteiger partial charge is 0.314 e. The fraction of sp³-hybridized carbons (Fsp3) is 0.125. The molecule has 1 amide bonds. The van der Waals surface area contributed by atoms with Crippen LogP contribution >= 0.6 is 23.4 Å². The zero-order valence-electron chi connectivity index (χ0n) is 18.1. The minimum absolute atomic E-state index is 0.0338. The summed E-state index contributed by atoms with van der Waals surface area (Å²) in [5.74, 6) is -0.199. The van der Waals surface area contributed by atoms with Crippen LogP contribution in [0.15, 0.2) is 83.1 Å². The molecule has 0 radical (unpaired) electrons. The molecule has 0 saturated heterocycles. The number of carbonyl (C=O) groups is 1. The third-order valence-corrected chi connectivity index (χ3v) is 6.26. The SMILES string of the molecule is C/C(=N/NC(=O)CSc1nc2ccccc2n1Cc1ccc(Cl)cc1)c1cccc([N+](=O)[O-])c1. The summed E-state index contributed by atoms with van der Waals surface area (Å²) in [7, 11) is 0. The number of imidazole rings is 1. The first-order valence-electron chi connectivity index (χ1n) is 10.3. The van der Waals surface area contributed by atoms with E-state index in [2.05, 4.69) is 20.1 Å². The molecule has 34 heavy (non-hydrogen) atoms. The van der Waals surface area contributed by atoms with Crippen LogP contribution in [0.2, 0.25) is 5.02 Å². The highest BCUT2D eigenvalue weighted by atomic mass is 35.5. The van der Waals surface area contributed by atoms with E-state index < -0.39 is 4.92 Å². The van der Waals surface area contributed by atoms with Gasteiger partial charge in [0.1, 0.15) is 0 Å². The summed E-state index contributed by atoms with van der Waals surface area (Å²) in [4.78, 5) is 27.6. The Balaban J connectivity index is 1.46. The molecule has 0 spiro atoms. The van der Waals surface area contributed by atoms with Gasteiger partial charge in [-0.3, -0.25) is 14.9 Å². The summed E-state index contributed by atoms with van der Waals surface area (Å²) < 4.78 is 2.06. The summed E-state index contributed by atoms with van der Waals surface area (Å²) in [5.41, 5.74) is 6.40. The number of nitro benzene ring substituents is 1. The number of halogens is 1. The number of non-ortho nitro benzene ring substituents is 1. The van der Waals surface area contributed by atoms with Gasteiger partial charge in [0, 0.05) is 22.7 Å². The summed E-state index contributed by atoms with van der Waals surface area (Å²) in [6.45, 7) is 2.27. The minimum Gasteiger partial charge on any atom is -0.314 e. The van der Waals surface area contributed by atoms with Crippen LogP contribution in [0.25, 0.3) is 11.0 Å². The van der Waals surface area contributed by atoms with Gasteiger partial charge in [0.2, 0.25) is 0 Å². The van der Waals surface area contributed by atoms with Crippen molar-refractivity contribution in [3.8, 4) is 0 Å². The van der Waals surface area contributed by atoms with Crippen LogP contribution < -0.4 is 5.43 Å². The quantitative estimate of drug-likeness (QED) is 0.156. The molecule has 10 heteroatoms. The third kappa shape index (κ3) is 5.62. The number of aromatic nitrogens is 2. The van der Waals surface area contributed by atoms with Crippen LogP contribution in [0.1, 0.15) is 18.1 Å². The van der Waals surface area contributed by atoms with E-state index in [9.17, 15) is 14.9 Å². The molecule has 1 heterocycles. The lowest BCUT2D eigenvalue weighted by atomic mass is 10.1. The van der Waals surface area contributed by atoms with Crippen molar-refractivity contribution in [2.45, 2.75) is 18.6 Å². The van der Waals surface area contributed by atoms with E-state index in [-0.39, 0.29) is 17.3 Å². The predicted octanol–water partition coefficient (Wildman–Crippen LogP) is 5.28. The maximum Gasteiger partial charge on any atom is 0.270 e. The summed E-state index contributed by atoms with van der Waals surface area (Å²) >= 11 is 7.32.